The van der Waals surface area contributed by atoms with E-state index in [1.165, 1.54) is 44.9 Å². The number of carbonyl (C=O) groups is 3. The molecule has 1 aromatic rings. The zero-order valence-electron chi connectivity index (χ0n) is 20.2. The highest BCUT2D eigenvalue weighted by Gasteiger charge is 2.26. The summed E-state index contributed by atoms with van der Waals surface area (Å²) in [7, 11) is 0. The summed E-state index contributed by atoms with van der Waals surface area (Å²) in [6.45, 7) is 2.84. The topological polar surface area (TPSA) is 122 Å². The van der Waals surface area contributed by atoms with Gasteiger partial charge in [-0.25, -0.2) is 9.59 Å². The lowest BCUT2D eigenvalue weighted by Crippen LogP contribution is -2.42. The number of amides is 1. The molecule has 1 aliphatic rings. The fourth-order valence-electron chi connectivity index (χ4n) is 4.20. The summed E-state index contributed by atoms with van der Waals surface area (Å²) in [5.74, 6) is -1.90. The molecule has 190 valence electrons. The summed E-state index contributed by atoms with van der Waals surface area (Å²) in [6.07, 6.45) is 11.2. The molecular weight excluding hydrogens is 438 g/mol. The van der Waals surface area contributed by atoms with Gasteiger partial charge < -0.3 is 25.0 Å². The summed E-state index contributed by atoms with van der Waals surface area (Å²) in [5, 5.41) is 20.2. The van der Waals surface area contributed by atoms with Crippen molar-refractivity contribution in [2.24, 2.45) is 0 Å². The highest BCUT2D eigenvalue weighted by Crippen LogP contribution is 2.32. The van der Waals surface area contributed by atoms with Crippen LogP contribution < -0.4 is 10.1 Å². The standard InChI is InChI=1S/C26H39NO7/c1-2-3-4-5-6-7-8-9-10-11-12-23(19-13-14-22-20(17-19)15-16-33-22)34-26(32)27-21(25(30)31)18-24(28)29/h13-14,17,21,23H,2-12,15-16,18H2,1H3,(H,27,32)(H,28,29)(H,30,31). The Morgan fingerprint density at radius 3 is 2.26 bits per heavy atom. The molecule has 2 unspecified atom stereocenters. The highest BCUT2D eigenvalue weighted by atomic mass is 16.6. The molecule has 34 heavy (non-hydrogen) atoms. The lowest BCUT2D eigenvalue weighted by Gasteiger charge is -2.21. The summed E-state index contributed by atoms with van der Waals surface area (Å²) < 4.78 is 11.2. The predicted molar refractivity (Wildman–Crippen MR) is 128 cm³/mol. The van der Waals surface area contributed by atoms with E-state index < -0.39 is 36.6 Å². The number of unbranched alkanes of at least 4 members (excludes halogenated alkanes) is 9. The Hall–Kier alpha value is -2.77. The zero-order chi connectivity index (χ0) is 24.8. The van der Waals surface area contributed by atoms with Crippen molar-refractivity contribution in [1.29, 1.82) is 0 Å². The third-order valence-electron chi connectivity index (χ3n) is 6.12. The highest BCUT2D eigenvalue weighted by molar-refractivity contribution is 5.84. The van der Waals surface area contributed by atoms with Crippen molar-refractivity contribution in [2.75, 3.05) is 6.61 Å². The first-order valence-electron chi connectivity index (χ1n) is 12.6. The number of ether oxygens (including phenoxy) is 2. The predicted octanol–water partition coefficient (Wildman–Crippen LogP) is 5.63. The molecule has 0 fully saturated rings. The SMILES string of the molecule is CCCCCCCCCCCCC(OC(=O)NC(CC(=O)O)C(=O)O)c1ccc2c(c1)CCO2. The van der Waals surface area contributed by atoms with Gasteiger partial charge in [0.1, 0.15) is 17.9 Å². The van der Waals surface area contributed by atoms with E-state index in [1.54, 1.807) is 0 Å². The zero-order valence-corrected chi connectivity index (χ0v) is 20.2. The normalized spacial score (nSPS) is 14.0. The van der Waals surface area contributed by atoms with E-state index in [1.807, 2.05) is 18.2 Å². The van der Waals surface area contributed by atoms with Crippen LogP contribution in [-0.2, 0) is 20.7 Å². The van der Waals surface area contributed by atoms with E-state index in [9.17, 15) is 19.5 Å². The number of aliphatic carboxylic acids is 2. The van der Waals surface area contributed by atoms with Crippen LogP contribution in [-0.4, -0.2) is 40.9 Å². The van der Waals surface area contributed by atoms with Crippen molar-refractivity contribution in [1.82, 2.24) is 5.32 Å². The number of rotatable bonds is 17. The van der Waals surface area contributed by atoms with Crippen molar-refractivity contribution in [2.45, 2.75) is 103 Å². The van der Waals surface area contributed by atoms with Crippen LogP contribution in [0.2, 0.25) is 0 Å². The molecular formula is C26H39NO7. The van der Waals surface area contributed by atoms with E-state index in [0.29, 0.717) is 13.0 Å². The molecule has 0 saturated carbocycles. The monoisotopic (exact) mass is 477 g/mol. The first-order chi connectivity index (χ1) is 16.4. The number of hydrogen-bond acceptors (Lipinski definition) is 5. The van der Waals surface area contributed by atoms with Gasteiger partial charge in [0.25, 0.3) is 0 Å². The quantitative estimate of drug-likeness (QED) is 0.249. The van der Waals surface area contributed by atoms with Gasteiger partial charge >= 0.3 is 18.0 Å². The number of benzene rings is 1. The smallest absolute Gasteiger partial charge is 0.408 e. The number of alkyl carbamates (subject to hydrolysis) is 1. The minimum atomic E-state index is -1.55. The number of carboxylic acid groups (broad SMARTS) is 2. The Morgan fingerprint density at radius 2 is 1.65 bits per heavy atom. The maximum Gasteiger partial charge on any atom is 0.408 e. The maximum atomic E-state index is 12.4. The Labute approximate surface area is 202 Å². The number of fused-ring (bicyclic) bond motifs is 1. The lowest BCUT2D eigenvalue weighted by atomic mass is 9.99. The van der Waals surface area contributed by atoms with Gasteiger partial charge in [-0.15, -0.1) is 0 Å². The van der Waals surface area contributed by atoms with Crippen molar-refractivity contribution in [3.63, 3.8) is 0 Å². The molecule has 1 aliphatic heterocycles. The van der Waals surface area contributed by atoms with E-state index in [-0.39, 0.29) is 0 Å². The van der Waals surface area contributed by atoms with Crippen LogP contribution in [0.25, 0.3) is 0 Å². The minimum absolute atomic E-state index is 0.542. The molecule has 0 spiro atoms. The van der Waals surface area contributed by atoms with Gasteiger partial charge in [-0.3, -0.25) is 4.79 Å². The van der Waals surface area contributed by atoms with Gasteiger partial charge in [0, 0.05) is 6.42 Å². The van der Waals surface area contributed by atoms with Crippen LogP contribution >= 0.6 is 0 Å². The fourth-order valence-corrected chi connectivity index (χ4v) is 4.20. The average Bonchev–Trinajstić information content (AvgIpc) is 3.26. The van der Waals surface area contributed by atoms with Gasteiger partial charge in [-0.05, 0) is 36.1 Å². The lowest BCUT2D eigenvalue weighted by molar-refractivity contribution is -0.145. The number of carboxylic acids is 2. The van der Waals surface area contributed by atoms with Crippen LogP contribution in [0.1, 0.15) is 101 Å². The second-order valence-electron chi connectivity index (χ2n) is 8.96. The molecule has 3 N–H and O–H groups in total. The average molecular weight is 478 g/mol. The van der Waals surface area contributed by atoms with Crippen molar-refractivity contribution in [3.8, 4) is 5.75 Å². The van der Waals surface area contributed by atoms with Crippen molar-refractivity contribution in [3.05, 3.63) is 29.3 Å². The van der Waals surface area contributed by atoms with Crippen molar-refractivity contribution < 1.29 is 34.1 Å². The van der Waals surface area contributed by atoms with Crippen LogP contribution in [0, 0.1) is 0 Å². The summed E-state index contributed by atoms with van der Waals surface area (Å²) >= 11 is 0. The Kier molecular flexibility index (Phi) is 12.3. The molecule has 1 heterocycles. The number of nitrogens with one attached hydrogen (secondary N) is 1. The Bertz CT molecular complexity index is 795. The Morgan fingerprint density at radius 1 is 1.00 bits per heavy atom. The van der Waals surface area contributed by atoms with Gasteiger partial charge in [-0.1, -0.05) is 70.8 Å². The van der Waals surface area contributed by atoms with Crippen molar-refractivity contribution >= 4 is 18.0 Å². The van der Waals surface area contributed by atoms with Gasteiger partial charge in [0.15, 0.2) is 0 Å². The van der Waals surface area contributed by atoms with Gasteiger partial charge in [0.05, 0.1) is 13.0 Å². The molecule has 0 radical (unpaired) electrons. The van der Waals surface area contributed by atoms with Crippen LogP contribution in [0.15, 0.2) is 18.2 Å². The maximum absolute atomic E-state index is 12.4. The third kappa shape index (κ3) is 10.0. The number of hydrogen-bond donors (Lipinski definition) is 3. The molecule has 8 nitrogen and oxygen atoms in total. The van der Waals surface area contributed by atoms with Crippen LogP contribution in [0.4, 0.5) is 4.79 Å². The Balaban J connectivity index is 1.88. The van der Waals surface area contributed by atoms with E-state index >= 15 is 0 Å². The molecule has 1 amide bonds. The summed E-state index contributed by atoms with van der Waals surface area (Å²) in [5.41, 5.74) is 1.89. The second-order valence-corrected chi connectivity index (χ2v) is 8.96. The fraction of sp³-hybridized carbons (Fsp3) is 0.654. The molecule has 8 heteroatoms. The van der Waals surface area contributed by atoms with Crippen LogP contribution in [0.3, 0.4) is 0 Å². The molecule has 1 aromatic carbocycles. The molecule has 0 bridgehead atoms. The van der Waals surface area contributed by atoms with Gasteiger partial charge in [-0.2, -0.15) is 0 Å². The van der Waals surface area contributed by atoms with E-state index in [2.05, 4.69) is 12.2 Å². The molecule has 0 aliphatic carbocycles. The minimum Gasteiger partial charge on any atom is -0.493 e. The second kappa shape index (κ2) is 15.2. The summed E-state index contributed by atoms with van der Waals surface area (Å²) in [4.78, 5) is 34.6. The summed E-state index contributed by atoms with van der Waals surface area (Å²) in [6, 6.07) is 4.17. The molecule has 0 aromatic heterocycles. The molecule has 2 atom stereocenters. The van der Waals surface area contributed by atoms with E-state index in [0.717, 1.165) is 42.6 Å². The van der Waals surface area contributed by atoms with E-state index in [4.69, 9.17) is 14.6 Å². The van der Waals surface area contributed by atoms with Gasteiger partial charge in [0.2, 0.25) is 0 Å². The third-order valence-corrected chi connectivity index (χ3v) is 6.12. The molecule has 0 saturated heterocycles. The number of carbonyl (C=O) groups excluding carboxylic acids is 1. The first kappa shape index (κ1) is 27.5. The van der Waals surface area contributed by atoms with Crippen LogP contribution in [0.5, 0.6) is 5.75 Å². The first-order valence-corrected chi connectivity index (χ1v) is 12.6. The molecule has 2 rings (SSSR count). The largest absolute Gasteiger partial charge is 0.493 e.